The van der Waals surface area contributed by atoms with E-state index in [-0.39, 0.29) is 25.0 Å². The first-order valence-corrected chi connectivity index (χ1v) is 11.1. The normalized spacial score (nSPS) is 14.1. The predicted molar refractivity (Wildman–Crippen MR) is 124 cm³/mol. The lowest BCUT2D eigenvalue weighted by Gasteiger charge is -2.21. The third-order valence-electron chi connectivity index (χ3n) is 5.55. The van der Waals surface area contributed by atoms with Crippen LogP contribution in [0.15, 0.2) is 48.5 Å². The molecule has 0 fully saturated rings. The number of hydrogen-bond acceptors (Lipinski definition) is 6. The molecule has 3 N–H and O–H groups in total. The van der Waals surface area contributed by atoms with E-state index >= 15 is 0 Å². The lowest BCUT2D eigenvalue weighted by molar-refractivity contribution is -0.165. The maximum atomic E-state index is 12.6. The highest BCUT2D eigenvalue weighted by Gasteiger charge is 2.30. The van der Waals surface area contributed by atoms with Crippen LogP contribution in [0.25, 0.3) is 11.1 Å². The monoisotopic (exact) mass is 470 g/mol. The van der Waals surface area contributed by atoms with Gasteiger partial charge in [0.25, 0.3) is 5.91 Å². The van der Waals surface area contributed by atoms with Crippen LogP contribution in [0.1, 0.15) is 37.3 Å². The smallest absolute Gasteiger partial charge is 0.407 e. The van der Waals surface area contributed by atoms with Crippen molar-refractivity contribution in [2.24, 2.45) is 5.92 Å². The van der Waals surface area contributed by atoms with Crippen molar-refractivity contribution < 1.29 is 33.8 Å². The Morgan fingerprint density at radius 3 is 2.12 bits per heavy atom. The largest absolute Gasteiger partial charge is 0.479 e. The molecule has 3 rings (SSSR count). The Morgan fingerprint density at radius 2 is 1.59 bits per heavy atom. The highest BCUT2D eigenvalue weighted by Crippen LogP contribution is 2.44. The standard InChI is InChI=1S/C25H30N2O7/c1-15(2)12-21(23(28)27-34-22(14-32-3)24(29)30)26-25(31)33-13-20-18-10-6-4-8-16(18)17-9-5-7-11-19(17)20/h4-11,15,20-22H,12-14H2,1-3H3,(H,26,31)(H,27,28)(H,29,30)/t21-,22?/m0/s1. The first-order valence-electron chi connectivity index (χ1n) is 11.1. The van der Waals surface area contributed by atoms with E-state index in [4.69, 9.17) is 19.4 Å². The molecule has 2 atom stereocenters. The Morgan fingerprint density at radius 1 is 1.00 bits per heavy atom. The summed E-state index contributed by atoms with van der Waals surface area (Å²) in [7, 11) is 1.32. The highest BCUT2D eigenvalue weighted by atomic mass is 16.7. The number of methoxy groups -OCH3 is 1. The predicted octanol–water partition coefficient (Wildman–Crippen LogP) is 3.09. The minimum absolute atomic E-state index is 0.0684. The Labute approximate surface area is 198 Å². The lowest BCUT2D eigenvalue weighted by Crippen LogP contribution is -2.49. The molecule has 0 saturated heterocycles. The van der Waals surface area contributed by atoms with Gasteiger partial charge in [0, 0.05) is 13.0 Å². The number of aliphatic carboxylic acids is 1. The van der Waals surface area contributed by atoms with Gasteiger partial charge in [-0.05, 0) is 34.6 Å². The number of nitrogens with one attached hydrogen (secondary N) is 2. The molecule has 2 aromatic rings. The van der Waals surface area contributed by atoms with E-state index in [2.05, 4.69) is 10.8 Å². The Bertz CT molecular complexity index is 978. The number of carbonyl (C=O) groups is 3. The summed E-state index contributed by atoms with van der Waals surface area (Å²) in [4.78, 5) is 41.3. The fourth-order valence-corrected chi connectivity index (χ4v) is 3.99. The van der Waals surface area contributed by atoms with E-state index in [0.717, 1.165) is 22.3 Å². The van der Waals surface area contributed by atoms with Gasteiger partial charge >= 0.3 is 12.1 Å². The number of carboxylic acid groups (broad SMARTS) is 1. The van der Waals surface area contributed by atoms with Crippen LogP contribution in [-0.2, 0) is 23.9 Å². The first-order chi connectivity index (χ1) is 16.3. The number of rotatable bonds is 11. The summed E-state index contributed by atoms with van der Waals surface area (Å²) in [5, 5.41) is 11.7. The van der Waals surface area contributed by atoms with Crippen LogP contribution in [0, 0.1) is 5.92 Å². The number of amides is 2. The van der Waals surface area contributed by atoms with Gasteiger partial charge in [-0.15, -0.1) is 0 Å². The van der Waals surface area contributed by atoms with Crippen molar-refractivity contribution in [1.82, 2.24) is 10.8 Å². The third kappa shape index (κ3) is 6.12. The van der Waals surface area contributed by atoms with Gasteiger partial charge in [0.05, 0.1) is 6.61 Å². The highest BCUT2D eigenvalue weighted by molar-refractivity contribution is 5.85. The van der Waals surface area contributed by atoms with Crippen LogP contribution >= 0.6 is 0 Å². The summed E-state index contributed by atoms with van der Waals surface area (Å²) >= 11 is 0. The van der Waals surface area contributed by atoms with Crippen molar-refractivity contribution in [2.75, 3.05) is 20.3 Å². The second-order valence-electron chi connectivity index (χ2n) is 8.52. The molecule has 1 aliphatic rings. The molecule has 34 heavy (non-hydrogen) atoms. The zero-order valence-corrected chi connectivity index (χ0v) is 19.4. The molecule has 2 amide bonds. The molecule has 0 aromatic heterocycles. The number of benzene rings is 2. The summed E-state index contributed by atoms with van der Waals surface area (Å²) in [6.45, 7) is 3.66. The van der Waals surface area contributed by atoms with E-state index in [9.17, 15) is 14.4 Å². The molecule has 0 spiro atoms. The maximum absolute atomic E-state index is 12.6. The van der Waals surface area contributed by atoms with Gasteiger partial charge < -0.3 is 19.9 Å². The molecule has 0 saturated carbocycles. The number of hydroxylamine groups is 1. The summed E-state index contributed by atoms with van der Waals surface area (Å²) in [6.07, 6.45) is -1.81. The van der Waals surface area contributed by atoms with E-state index in [0.29, 0.717) is 6.42 Å². The minimum atomic E-state index is -1.37. The summed E-state index contributed by atoms with van der Waals surface area (Å²) in [6, 6.07) is 15.0. The molecule has 0 bridgehead atoms. The average molecular weight is 471 g/mol. The van der Waals surface area contributed by atoms with Crippen LogP contribution in [0.4, 0.5) is 4.79 Å². The van der Waals surface area contributed by atoms with Crippen molar-refractivity contribution >= 4 is 18.0 Å². The van der Waals surface area contributed by atoms with Crippen LogP contribution < -0.4 is 10.8 Å². The van der Waals surface area contributed by atoms with Gasteiger partial charge in [-0.25, -0.2) is 15.1 Å². The fourth-order valence-electron chi connectivity index (χ4n) is 3.99. The second kappa shape index (κ2) is 11.6. The zero-order valence-electron chi connectivity index (χ0n) is 19.4. The number of fused-ring (bicyclic) bond motifs is 3. The number of hydrogen-bond donors (Lipinski definition) is 3. The third-order valence-corrected chi connectivity index (χ3v) is 5.55. The van der Waals surface area contributed by atoms with Gasteiger partial charge in [-0.1, -0.05) is 62.4 Å². The minimum Gasteiger partial charge on any atom is -0.479 e. The average Bonchev–Trinajstić information content (AvgIpc) is 3.13. The molecule has 9 heteroatoms. The topological polar surface area (TPSA) is 123 Å². The van der Waals surface area contributed by atoms with E-state index < -0.39 is 30.1 Å². The SMILES string of the molecule is COCC(ONC(=O)[C@H](CC(C)C)NC(=O)OCC1c2ccccc2-c2ccccc21)C(=O)O. The van der Waals surface area contributed by atoms with E-state index in [1.54, 1.807) is 0 Å². The summed E-state index contributed by atoms with van der Waals surface area (Å²) in [5.74, 6) is -2.00. The molecular weight excluding hydrogens is 440 g/mol. The number of ether oxygens (including phenoxy) is 2. The van der Waals surface area contributed by atoms with Crippen molar-refractivity contribution in [2.45, 2.75) is 38.3 Å². The fraction of sp³-hybridized carbons (Fsp3) is 0.400. The van der Waals surface area contributed by atoms with Crippen molar-refractivity contribution in [3.63, 3.8) is 0 Å². The van der Waals surface area contributed by atoms with Crippen molar-refractivity contribution in [3.8, 4) is 11.1 Å². The van der Waals surface area contributed by atoms with E-state index in [1.165, 1.54) is 7.11 Å². The number of carboxylic acids is 1. The Balaban J connectivity index is 1.62. The van der Waals surface area contributed by atoms with Gasteiger partial charge in [0.15, 0.2) is 0 Å². The Kier molecular flexibility index (Phi) is 8.61. The van der Waals surface area contributed by atoms with Gasteiger partial charge in [-0.3, -0.25) is 9.63 Å². The van der Waals surface area contributed by atoms with Crippen LogP contribution in [0.5, 0.6) is 0 Å². The molecule has 0 aliphatic heterocycles. The molecular formula is C25H30N2O7. The Hall–Kier alpha value is -3.43. The van der Waals surface area contributed by atoms with Crippen molar-refractivity contribution in [1.29, 1.82) is 0 Å². The second-order valence-corrected chi connectivity index (χ2v) is 8.52. The van der Waals surface area contributed by atoms with Gasteiger partial charge in [0.2, 0.25) is 6.10 Å². The molecule has 182 valence electrons. The number of alkyl carbamates (subject to hydrolysis) is 1. The summed E-state index contributed by atoms with van der Waals surface area (Å²) in [5.41, 5.74) is 6.51. The summed E-state index contributed by atoms with van der Waals surface area (Å²) < 4.78 is 10.3. The van der Waals surface area contributed by atoms with Crippen LogP contribution in [-0.4, -0.2) is 55.5 Å². The zero-order chi connectivity index (χ0) is 24.7. The van der Waals surface area contributed by atoms with E-state index in [1.807, 2.05) is 62.4 Å². The van der Waals surface area contributed by atoms with Crippen molar-refractivity contribution in [3.05, 3.63) is 59.7 Å². The number of carbonyl (C=O) groups excluding carboxylic acids is 2. The van der Waals surface area contributed by atoms with Crippen LogP contribution in [0.3, 0.4) is 0 Å². The molecule has 9 nitrogen and oxygen atoms in total. The lowest BCUT2D eigenvalue weighted by atomic mass is 9.98. The molecule has 1 aliphatic carbocycles. The first kappa shape index (κ1) is 25.2. The molecule has 0 heterocycles. The molecule has 1 unspecified atom stereocenters. The van der Waals surface area contributed by atoms with Gasteiger partial charge in [-0.2, -0.15) is 0 Å². The quantitative estimate of drug-likeness (QED) is 0.431. The van der Waals surface area contributed by atoms with Crippen LogP contribution in [0.2, 0.25) is 0 Å². The van der Waals surface area contributed by atoms with Gasteiger partial charge in [0.1, 0.15) is 12.6 Å². The maximum Gasteiger partial charge on any atom is 0.407 e. The molecule has 0 radical (unpaired) electrons. The molecule has 2 aromatic carbocycles.